The number of fused-ring (bicyclic) bond motifs is 1. The maximum absolute atomic E-state index is 9.52. The Morgan fingerprint density at radius 2 is 2.12 bits per heavy atom. The number of anilines is 1. The molecule has 2 N–H and O–H groups in total. The quantitative estimate of drug-likeness (QED) is 0.586. The van der Waals surface area contributed by atoms with Crippen LogP contribution in [-0.2, 0) is 13.1 Å². The highest BCUT2D eigenvalue weighted by Gasteiger charge is 2.18. The number of hydrogen-bond donors (Lipinski definition) is 2. The van der Waals surface area contributed by atoms with Crippen LogP contribution in [0.15, 0.2) is 41.9 Å². The lowest BCUT2D eigenvalue weighted by atomic mass is 10.2. The zero-order valence-electron chi connectivity index (χ0n) is 14.0. The van der Waals surface area contributed by atoms with Gasteiger partial charge in [-0.05, 0) is 18.5 Å². The Balaban J connectivity index is 1.90. The van der Waals surface area contributed by atoms with Crippen LogP contribution in [0.2, 0.25) is 0 Å². The van der Waals surface area contributed by atoms with Crippen molar-refractivity contribution in [2.45, 2.75) is 26.4 Å². The number of nitrogens with one attached hydrogen (secondary N) is 1. The second-order valence-electron chi connectivity index (χ2n) is 5.75. The average molecular weight is 344 g/mol. The van der Waals surface area contributed by atoms with Crippen molar-refractivity contribution in [3.05, 3.63) is 53.2 Å². The summed E-state index contributed by atoms with van der Waals surface area (Å²) in [5, 5.41) is 15.1. The van der Waals surface area contributed by atoms with Gasteiger partial charge in [-0.3, -0.25) is 4.40 Å². The first-order chi connectivity index (χ1) is 11.8. The van der Waals surface area contributed by atoms with Gasteiger partial charge in [-0.1, -0.05) is 37.3 Å². The lowest BCUT2D eigenvalue weighted by molar-refractivity contribution is 0.301. The molecular formula is C18H24N4OS. The molecule has 0 unspecified atom stereocenters. The first-order valence-electron chi connectivity index (χ1n) is 8.38. The summed E-state index contributed by atoms with van der Waals surface area (Å²) < 4.78 is 2.15. The minimum absolute atomic E-state index is 0.111. The van der Waals surface area contributed by atoms with Crippen molar-refractivity contribution < 1.29 is 5.11 Å². The normalized spacial score (nSPS) is 11.2. The van der Waals surface area contributed by atoms with Gasteiger partial charge in [0, 0.05) is 31.2 Å². The number of thiazole rings is 1. The largest absolute Gasteiger partial charge is 0.395 e. The smallest absolute Gasteiger partial charge is 0.195 e. The van der Waals surface area contributed by atoms with Gasteiger partial charge in [-0.2, -0.15) is 0 Å². The van der Waals surface area contributed by atoms with Gasteiger partial charge in [-0.15, -0.1) is 11.3 Å². The summed E-state index contributed by atoms with van der Waals surface area (Å²) >= 11 is 1.64. The van der Waals surface area contributed by atoms with Gasteiger partial charge in [0.15, 0.2) is 10.8 Å². The van der Waals surface area contributed by atoms with Crippen LogP contribution < -0.4 is 10.2 Å². The van der Waals surface area contributed by atoms with Crippen LogP contribution in [-0.4, -0.2) is 34.2 Å². The number of aromatic nitrogens is 2. The SMILES string of the molecule is CCCNCc1c(N(CCO)Cc2ccccc2)nc2sccn12. The topological polar surface area (TPSA) is 52.8 Å². The Bertz CT molecular complexity index is 753. The van der Waals surface area contributed by atoms with Crippen molar-refractivity contribution >= 4 is 22.1 Å². The third kappa shape index (κ3) is 3.77. The fourth-order valence-corrected chi connectivity index (χ4v) is 3.53. The molecule has 0 fully saturated rings. The Morgan fingerprint density at radius 1 is 1.29 bits per heavy atom. The van der Waals surface area contributed by atoms with Gasteiger partial charge in [0.2, 0.25) is 0 Å². The van der Waals surface area contributed by atoms with E-state index in [1.807, 2.05) is 18.2 Å². The lowest BCUT2D eigenvalue weighted by Crippen LogP contribution is -2.28. The number of benzene rings is 1. The molecule has 24 heavy (non-hydrogen) atoms. The highest BCUT2D eigenvalue weighted by Crippen LogP contribution is 2.26. The molecule has 0 spiro atoms. The summed E-state index contributed by atoms with van der Waals surface area (Å²) in [7, 11) is 0. The van der Waals surface area contributed by atoms with Gasteiger partial charge in [0.25, 0.3) is 0 Å². The molecule has 128 valence electrons. The predicted octanol–water partition coefficient (Wildman–Crippen LogP) is 2.89. The molecule has 2 aromatic heterocycles. The van der Waals surface area contributed by atoms with Crippen LogP contribution in [0.25, 0.3) is 4.96 Å². The summed E-state index contributed by atoms with van der Waals surface area (Å²) in [6, 6.07) is 10.3. The van der Waals surface area contributed by atoms with E-state index in [9.17, 15) is 5.11 Å². The van der Waals surface area contributed by atoms with Crippen molar-refractivity contribution in [2.75, 3.05) is 24.6 Å². The second kappa shape index (κ2) is 8.28. The first-order valence-corrected chi connectivity index (χ1v) is 9.26. The van der Waals surface area contributed by atoms with Crippen molar-refractivity contribution in [3.8, 4) is 0 Å². The summed E-state index contributed by atoms with van der Waals surface area (Å²) in [5.41, 5.74) is 2.37. The van der Waals surface area contributed by atoms with Crippen LogP contribution in [0.1, 0.15) is 24.6 Å². The fourth-order valence-electron chi connectivity index (χ4n) is 2.81. The summed E-state index contributed by atoms with van der Waals surface area (Å²) in [5.74, 6) is 0.961. The van der Waals surface area contributed by atoms with Gasteiger partial charge < -0.3 is 15.3 Å². The molecule has 5 nitrogen and oxygen atoms in total. The Hall–Kier alpha value is -1.89. The summed E-state index contributed by atoms with van der Waals surface area (Å²) in [6.07, 6.45) is 3.17. The predicted molar refractivity (Wildman–Crippen MR) is 99.6 cm³/mol. The molecule has 3 aromatic rings. The minimum Gasteiger partial charge on any atom is -0.395 e. The van der Waals surface area contributed by atoms with Crippen LogP contribution in [0, 0.1) is 0 Å². The third-order valence-electron chi connectivity index (χ3n) is 3.94. The van der Waals surface area contributed by atoms with E-state index in [1.165, 1.54) is 5.56 Å². The van der Waals surface area contributed by atoms with Crippen LogP contribution in [0.3, 0.4) is 0 Å². The number of hydrogen-bond acceptors (Lipinski definition) is 5. The van der Waals surface area contributed by atoms with E-state index in [4.69, 9.17) is 4.98 Å². The van der Waals surface area contributed by atoms with Crippen molar-refractivity contribution in [1.29, 1.82) is 0 Å². The average Bonchev–Trinajstić information content (AvgIpc) is 3.18. The highest BCUT2D eigenvalue weighted by molar-refractivity contribution is 7.15. The molecule has 0 atom stereocenters. The minimum atomic E-state index is 0.111. The Labute approximate surface area is 146 Å². The molecule has 0 aliphatic carbocycles. The standard InChI is InChI=1S/C18H24N4OS/c1-2-8-19-13-16-17(20-18-22(16)10-12-24-18)21(9-11-23)14-15-6-4-3-5-7-15/h3-7,10,12,19,23H,2,8-9,11,13-14H2,1H3. The highest BCUT2D eigenvalue weighted by atomic mass is 32.1. The van der Waals surface area contributed by atoms with Crippen molar-refractivity contribution in [2.24, 2.45) is 0 Å². The zero-order chi connectivity index (χ0) is 16.8. The second-order valence-corrected chi connectivity index (χ2v) is 6.62. The Morgan fingerprint density at radius 3 is 2.88 bits per heavy atom. The van der Waals surface area contributed by atoms with Crippen molar-refractivity contribution in [3.63, 3.8) is 0 Å². The van der Waals surface area contributed by atoms with Crippen molar-refractivity contribution in [1.82, 2.24) is 14.7 Å². The van der Waals surface area contributed by atoms with E-state index in [2.05, 4.69) is 45.3 Å². The van der Waals surface area contributed by atoms with Gasteiger partial charge in [0.1, 0.15) is 0 Å². The van der Waals surface area contributed by atoms with E-state index in [-0.39, 0.29) is 6.61 Å². The molecule has 0 saturated carbocycles. The summed E-state index contributed by atoms with van der Waals surface area (Å²) in [6.45, 7) is 5.35. The number of nitrogens with zero attached hydrogens (tertiary/aromatic N) is 3. The number of aliphatic hydroxyl groups excluding tert-OH is 1. The molecule has 0 bridgehead atoms. The molecule has 0 amide bonds. The van der Waals surface area contributed by atoms with Gasteiger partial charge >= 0.3 is 0 Å². The first kappa shape index (κ1) is 17.0. The zero-order valence-corrected chi connectivity index (χ0v) is 14.8. The van der Waals surface area contributed by atoms with Gasteiger partial charge in [-0.25, -0.2) is 4.98 Å². The summed E-state index contributed by atoms with van der Waals surface area (Å²) in [4.78, 5) is 7.98. The fraction of sp³-hybridized carbons (Fsp3) is 0.389. The van der Waals surface area contributed by atoms with E-state index in [0.29, 0.717) is 6.54 Å². The van der Waals surface area contributed by atoms with Crippen LogP contribution in [0.5, 0.6) is 0 Å². The molecule has 6 heteroatoms. The molecule has 3 rings (SSSR count). The monoisotopic (exact) mass is 344 g/mol. The van der Waals surface area contributed by atoms with Crippen LogP contribution >= 0.6 is 11.3 Å². The van der Waals surface area contributed by atoms with Crippen LogP contribution in [0.4, 0.5) is 5.82 Å². The molecule has 0 radical (unpaired) electrons. The van der Waals surface area contributed by atoms with E-state index >= 15 is 0 Å². The number of aliphatic hydroxyl groups is 1. The van der Waals surface area contributed by atoms with E-state index in [0.717, 1.165) is 42.5 Å². The molecule has 1 aromatic carbocycles. The maximum Gasteiger partial charge on any atom is 0.195 e. The molecule has 2 heterocycles. The lowest BCUT2D eigenvalue weighted by Gasteiger charge is -2.23. The molecular weight excluding hydrogens is 320 g/mol. The van der Waals surface area contributed by atoms with Gasteiger partial charge in [0.05, 0.1) is 12.3 Å². The number of rotatable bonds is 9. The molecule has 0 saturated heterocycles. The van der Waals surface area contributed by atoms with E-state index < -0.39 is 0 Å². The maximum atomic E-state index is 9.52. The van der Waals surface area contributed by atoms with E-state index in [1.54, 1.807) is 11.3 Å². The number of imidazole rings is 1. The Kier molecular flexibility index (Phi) is 5.85. The molecule has 0 aliphatic heterocycles. The molecule has 0 aliphatic rings. The third-order valence-corrected chi connectivity index (χ3v) is 4.70.